The SMILES string of the molecule is CS(=O)(=O)N(CC(=O)N1CCOCC1)c1ccc(C23CC4CC(CC(C4)C2)C3)cc1. The first-order chi connectivity index (χ1) is 14.3. The van der Waals surface area contributed by atoms with Crippen molar-refractivity contribution in [1.82, 2.24) is 4.90 Å². The second-order valence-electron chi connectivity index (χ2n) is 10.0. The van der Waals surface area contributed by atoms with E-state index in [0.29, 0.717) is 32.0 Å². The molecule has 1 heterocycles. The van der Waals surface area contributed by atoms with Gasteiger partial charge in [0, 0.05) is 13.1 Å². The van der Waals surface area contributed by atoms with Crippen LogP contribution in [0, 0.1) is 17.8 Å². The fourth-order valence-electron chi connectivity index (χ4n) is 6.88. The summed E-state index contributed by atoms with van der Waals surface area (Å²) in [6, 6.07) is 8.06. The molecule has 6 rings (SSSR count). The summed E-state index contributed by atoms with van der Waals surface area (Å²) in [4.78, 5) is 14.4. The van der Waals surface area contributed by atoms with Gasteiger partial charge in [-0.3, -0.25) is 9.10 Å². The van der Waals surface area contributed by atoms with Gasteiger partial charge in [-0.1, -0.05) is 12.1 Å². The highest BCUT2D eigenvalue weighted by Gasteiger charge is 2.51. The van der Waals surface area contributed by atoms with Crippen molar-refractivity contribution in [3.8, 4) is 0 Å². The number of nitrogens with zero attached hydrogens (tertiary/aromatic N) is 2. The molecule has 7 heteroatoms. The van der Waals surface area contributed by atoms with E-state index in [1.807, 2.05) is 12.1 Å². The third-order valence-corrected chi connectivity index (χ3v) is 8.99. The number of hydrogen-bond acceptors (Lipinski definition) is 4. The topological polar surface area (TPSA) is 66.9 Å². The van der Waals surface area contributed by atoms with Gasteiger partial charge in [0.25, 0.3) is 0 Å². The van der Waals surface area contributed by atoms with Crippen LogP contribution < -0.4 is 4.31 Å². The average molecular weight is 433 g/mol. The lowest BCUT2D eigenvalue weighted by Crippen LogP contribution is -2.48. The van der Waals surface area contributed by atoms with E-state index in [1.165, 1.54) is 54.6 Å². The van der Waals surface area contributed by atoms with E-state index in [2.05, 4.69) is 12.1 Å². The van der Waals surface area contributed by atoms with Crippen LogP contribution in [0.4, 0.5) is 5.69 Å². The number of rotatable bonds is 5. The predicted molar refractivity (Wildman–Crippen MR) is 116 cm³/mol. The Hall–Kier alpha value is -1.60. The monoisotopic (exact) mass is 432 g/mol. The highest BCUT2D eigenvalue weighted by molar-refractivity contribution is 7.92. The van der Waals surface area contributed by atoms with E-state index in [4.69, 9.17) is 4.74 Å². The van der Waals surface area contributed by atoms with Gasteiger partial charge in [0.05, 0.1) is 25.2 Å². The third-order valence-electron chi connectivity index (χ3n) is 7.85. The van der Waals surface area contributed by atoms with Crippen LogP contribution in [-0.4, -0.2) is 58.3 Å². The van der Waals surface area contributed by atoms with Crippen LogP contribution >= 0.6 is 0 Å². The summed E-state index contributed by atoms with van der Waals surface area (Å²) >= 11 is 0. The summed E-state index contributed by atoms with van der Waals surface area (Å²) in [5, 5.41) is 0. The van der Waals surface area contributed by atoms with E-state index in [9.17, 15) is 13.2 Å². The summed E-state index contributed by atoms with van der Waals surface area (Å²) in [5.41, 5.74) is 2.22. The highest BCUT2D eigenvalue weighted by atomic mass is 32.2. The van der Waals surface area contributed by atoms with Crippen molar-refractivity contribution in [2.24, 2.45) is 17.8 Å². The molecule has 1 saturated heterocycles. The van der Waals surface area contributed by atoms with Crippen molar-refractivity contribution in [2.45, 2.75) is 43.9 Å². The molecule has 0 unspecified atom stereocenters. The summed E-state index contributed by atoms with van der Waals surface area (Å²) in [7, 11) is -3.55. The molecule has 1 aromatic rings. The molecule has 6 nitrogen and oxygen atoms in total. The molecule has 0 radical (unpaired) electrons. The summed E-state index contributed by atoms with van der Waals surface area (Å²) in [5.74, 6) is 2.44. The molecule has 164 valence electrons. The van der Waals surface area contributed by atoms with Gasteiger partial charge in [0.15, 0.2) is 0 Å². The number of anilines is 1. The van der Waals surface area contributed by atoms with E-state index >= 15 is 0 Å². The molecule has 1 aliphatic heterocycles. The molecule has 1 aromatic carbocycles. The normalized spacial score (nSPS) is 33.0. The zero-order chi connectivity index (χ0) is 20.9. The van der Waals surface area contributed by atoms with Gasteiger partial charge in [0.2, 0.25) is 15.9 Å². The Morgan fingerprint density at radius 3 is 2.07 bits per heavy atom. The second kappa shape index (κ2) is 7.52. The minimum atomic E-state index is -3.55. The lowest BCUT2D eigenvalue weighted by molar-refractivity contribution is -0.133. The van der Waals surface area contributed by atoms with Crippen molar-refractivity contribution in [3.05, 3.63) is 29.8 Å². The standard InChI is InChI=1S/C23H32N2O4S/c1-30(27,28)25(16-22(26)24-6-8-29-9-7-24)21-4-2-20(3-5-21)23-13-17-10-18(14-23)12-19(11-17)15-23/h2-5,17-19H,6-16H2,1H3. The molecule has 4 bridgehead atoms. The van der Waals surface area contributed by atoms with Gasteiger partial charge in [-0.2, -0.15) is 0 Å². The number of amides is 1. The van der Waals surface area contributed by atoms with E-state index < -0.39 is 10.0 Å². The van der Waals surface area contributed by atoms with E-state index in [-0.39, 0.29) is 17.9 Å². The Morgan fingerprint density at radius 1 is 1.03 bits per heavy atom. The first kappa shape index (κ1) is 20.3. The van der Waals surface area contributed by atoms with Crippen LogP contribution in [0.25, 0.3) is 0 Å². The lowest BCUT2D eigenvalue weighted by atomic mass is 9.48. The Morgan fingerprint density at radius 2 is 1.57 bits per heavy atom. The zero-order valence-electron chi connectivity index (χ0n) is 17.8. The minimum Gasteiger partial charge on any atom is -0.378 e. The van der Waals surface area contributed by atoms with Gasteiger partial charge < -0.3 is 9.64 Å². The van der Waals surface area contributed by atoms with Gasteiger partial charge >= 0.3 is 0 Å². The maximum Gasteiger partial charge on any atom is 0.243 e. The molecule has 0 N–H and O–H groups in total. The lowest BCUT2D eigenvalue weighted by Gasteiger charge is -2.57. The summed E-state index contributed by atoms with van der Waals surface area (Å²) in [6.45, 7) is 1.88. The smallest absolute Gasteiger partial charge is 0.243 e. The number of carbonyl (C=O) groups is 1. The minimum absolute atomic E-state index is 0.157. The molecule has 4 aliphatic carbocycles. The first-order valence-electron chi connectivity index (χ1n) is 11.3. The molecule has 1 amide bonds. The van der Waals surface area contributed by atoms with Crippen LogP contribution in [0.3, 0.4) is 0 Å². The molecule has 5 aliphatic rings. The highest BCUT2D eigenvalue weighted by Crippen LogP contribution is 2.60. The Labute approximate surface area is 179 Å². The van der Waals surface area contributed by atoms with Crippen LogP contribution in [0.1, 0.15) is 44.1 Å². The maximum atomic E-state index is 12.7. The molecular weight excluding hydrogens is 400 g/mol. The van der Waals surface area contributed by atoms with Crippen molar-refractivity contribution in [2.75, 3.05) is 43.4 Å². The second-order valence-corrected chi connectivity index (χ2v) is 11.9. The Kier molecular flexibility index (Phi) is 5.09. The van der Waals surface area contributed by atoms with Gasteiger partial charge in [-0.15, -0.1) is 0 Å². The van der Waals surface area contributed by atoms with Crippen LogP contribution in [0.5, 0.6) is 0 Å². The molecular formula is C23H32N2O4S. The summed E-state index contributed by atoms with van der Waals surface area (Å²) < 4.78 is 31.5. The molecule has 0 spiro atoms. The van der Waals surface area contributed by atoms with Crippen molar-refractivity contribution >= 4 is 21.6 Å². The molecule has 0 aromatic heterocycles. The van der Waals surface area contributed by atoms with Gasteiger partial charge in [-0.25, -0.2) is 8.42 Å². The van der Waals surface area contributed by atoms with Crippen LogP contribution in [0.15, 0.2) is 24.3 Å². The van der Waals surface area contributed by atoms with Gasteiger partial charge in [-0.05, 0) is 79.4 Å². The quantitative estimate of drug-likeness (QED) is 0.718. The number of morpholine rings is 1. The largest absolute Gasteiger partial charge is 0.378 e. The zero-order valence-corrected chi connectivity index (χ0v) is 18.6. The van der Waals surface area contributed by atoms with Crippen molar-refractivity contribution < 1.29 is 17.9 Å². The number of hydrogen-bond donors (Lipinski definition) is 0. The fourth-order valence-corrected chi connectivity index (χ4v) is 7.73. The maximum absolute atomic E-state index is 12.7. The first-order valence-corrected chi connectivity index (χ1v) is 13.1. The number of carbonyl (C=O) groups excluding carboxylic acids is 1. The Balaban J connectivity index is 1.36. The van der Waals surface area contributed by atoms with Crippen LogP contribution in [-0.2, 0) is 25.0 Å². The molecule has 0 atom stereocenters. The average Bonchev–Trinajstić information content (AvgIpc) is 2.71. The van der Waals surface area contributed by atoms with Crippen LogP contribution in [0.2, 0.25) is 0 Å². The van der Waals surface area contributed by atoms with Crippen molar-refractivity contribution in [3.63, 3.8) is 0 Å². The number of benzene rings is 1. The predicted octanol–water partition coefficient (Wildman–Crippen LogP) is 2.78. The number of ether oxygens (including phenoxy) is 1. The molecule has 30 heavy (non-hydrogen) atoms. The van der Waals surface area contributed by atoms with Gasteiger partial charge in [0.1, 0.15) is 6.54 Å². The van der Waals surface area contributed by atoms with E-state index in [1.54, 1.807) is 4.90 Å². The molecule has 5 fully saturated rings. The fraction of sp³-hybridized carbons (Fsp3) is 0.696. The molecule has 4 saturated carbocycles. The Bertz CT molecular complexity index is 870. The van der Waals surface area contributed by atoms with Crippen molar-refractivity contribution in [1.29, 1.82) is 0 Å². The van der Waals surface area contributed by atoms with E-state index in [0.717, 1.165) is 17.8 Å². The summed E-state index contributed by atoms with van der Waals surface area (Å²) in [6.07, 6.45) is 9.23. The number of sulfonamides is 1. The third kappa shape index (κ3) is 3.75.